The maximum Gasteiger partial charge on any atom is 0.326 e. The number of carboxylic acid groups (broad SMARTS) is 1. The third-order valence-electron chi connectivity index (χ3n) is 21.0. The summed E-state index contributed by atoms with van der Waals surface area (Å²) < 4.78 is 0. The largest absolute Gasteiger partial charge is 0.480 e. The number of nitrogens with two attached hydrogens (primary N) is 5. The van der Waals surface area contributed by atoms with Gasteiger partial charge >= 0.3 is 5.97 Å². The van der Waals surface area contributed by atoms with Gasteiger partial charge in [0, 0.05) is 62.4 Å². The lowest BCUT2D eigenvalue weighted by molar-refractivity contribution is -0.144. The van der Waals surface area contributed by atoms with Gasteiger partial charge in [-0.1, -0.05) is 87.4 Å². The minimum atomic E-state index is -1.52. The average molecular weight is 1660 g/mol. The van der Waals surface area contributed by atoms with Gasteiger partial charge in [-0.15, -0.1) is 0 Å². The molecule has 1 aromatic carbocycles. The Hall–Kier alpha value is -10.9. The Morgan fingerprint density at radius 2 is 0.881 bits per heavy atom. The molecule has 23 N–H and O–H groups in total. The van der Waals surface area contributed by atoms with Crippen LogP contribution in [0.2, 0.25) is 0 Å². The van der Waals surface area contributed by atoms with Crippen LogP contribution < -0.4 is 87.2 Å². The normalized spacial score (nSPS) is 18.2. The molecule has 0 radical (unpaired) electrons. The van der Waals surface area contributed by atoms with Crippen molar-refractivity contribution in [3.05, 3.63) is 36.0 Å². The van der Waals surface area contributed by atoms with E-state index in [9.17, 15) is 86.6 Å². The van der Waals surface area contributed by atoms with Gasteiger partial charge in [-0.2, -0.15) is 0 Å². The van der Waals surface area contributed by atoms with E-state index in [0.717, 1.165) is 0 Å². The predicted molar refractivity (Wildman–Crippen MR) is 431 cm³/mol. The second-order valence-electron chi connectivity index (χ2n) is 32.7. The van der Waals surface area contributed by atoms with Crippen molar-refractivity contribution in [1.29, 1.82) is 0 Å². The van der Waals surface area contributed by atoms with E-state index in [1.807, 2.05) is 0 Å². The number of nitrogens with one attached hydrogen (secondary N) is 12. The van der Waals surface area contributed by atoms with Crippen molar-refractivity contribution < 1.29 is 91.4 Å². The molecule has 0 spiro atoms. The molecule has 118 heavy (non-hydrogen) atoms. The SMILES string of the molecule is CC(C)C[C@H](NC(=O)[C@H](CCC(N)=O)NC(=O)[C@@H]1CCCN1C(=O)[C@H](CCCCN)NC(=O)[C@@H](N)CCC(N)=O)C(=O)N[C@@H](Cc1c[nH]c2ccccc12)C(=O)N[C@H](C(=O)N[C@H](C(=O)N1CCC[C@H]1C(=O)NCC(=O)N[C@@H](C)C(=O)N[C@@H](CC(C)C)C(=O)N1CCC[C@H]1C(=O)N[C@@H](CCC(N)=O)C(=O)N[C@H](C(=O)O)C(C)C)C(C)C)C(C)C. The number of unbranched alkanes of at least 4 members (excludes halogenated alkanes) is 1. The van der Waals surface area contributed by atoms with Crippen LogP contribution in [0.1, 0.15) is 191 Å². The first-order valence-corrected chi connectivity index (χ1v) is 40.9. The Morgan fingerprint density at radius 1 is 0.449 bits per heavy atom. The summed E-state index contributed by atoms with van der Waals surface area (Å²) in [5, 5.41) is 39.5. The fourth-order valence-electron chi connectivity index (χ4n) is 14.5. The van der Waals surface area contributed by atoms with Gasteiger partial charge in [-0.3, -0.25) is 81.5 Å². The molecule has 2 aromatic rings. The number of carbonyl (C=O) groups is 18. The number of likely N-dealkylation sites (tertiary alicyclic amines) is 3. The highest BCUT2D eigenvalue weighted by atomic mass is 16.4. The van der Waals surface area contributed by atoms with Crippen LogP contribution in [-0.4, -0.2) is 248 Å². The molecule has 39 nitrogen and oxygen atoms in total. The Morgan fingerprint density at radius 3 is 1.39 bits per heavy atom. The van der Waals surface area contributed by atoms with E-state index < -0.39 is 222 Å². The van der Waals surface area contributed by atoms with Crippen molar-refractivity contribution >= 4 is 117 Å². The van der Waals surface area contributed by atoms with Gasteiger partial charge in [-0.25, -0.2) is 4.79 Å². The van der Waals surface area contributed by atoms with E-state index >= 15 is 4.79 Å². The summed E-state index contributed by atoms with van der Waals surface area (Å²) in [7, 11) is 0. The number of H-pyrrole nitrogens is 1. The summed E-state index contributed by atoms with van der Waals surface area (Å²) in [6, 6.07) is -10.9. The Labute approximate surface area is 687 Å². The molecule has 3 aliphatic rings. The lowest BCUT2D eigenvalue weighted by atomic mass is 9.97. The summed E-state index contributed by atoms with van der Waals surface area (Å²) >= 11 is 0. The first-order valence-electron chi connectivity index (χ1n) is 40.9. The van der Waals surface area contributed by atoms with Crippen LogP contribution in [0.4, 0.5) is 0 Å². The number of carboxylic acids is 1. The molecule has 39 heteroatoms. The van der Waals surface area contributed by atoms with Gasteiger partial charge in [0.2, 0.25) is 100 Å². The fraction of sp³-hybridized carbons (Fsp3) is 0.671. The number of amides is 17. The topological polar surface area (TPSA) is 615 Å². The molecule has 4 heterocycles. The molecule has 0 aliphatic carbocycles. The van der Waals surface area contributed by atoms with Gasteiger partial charge in [0.05, 0.1) is 12.6 Å². The van der Waals surface area contributed by atoms with Crippen molar-refractivity contribution in [3.8, 4) is 0 Å². The second kappa shape index (κ2) is 46.9. The predicted octanol–water partition coefficient (Wildman–Crippen LogP) is -2.93. The van der Waals surface area contributed by atoms with Crippen molar-refractivity contribution in [3.63, 3.8) is 0 Å². The average Bonchev–Trinajstić information content (AvgIpc) is 1.64. The molecule has 0 unspecified atom stereocenters. The van der Waals surface area contributed by atoms with E-state index in [4.69, 9.17) is 28.7 Å². The molecule has 3 aliphatic heterocycles. The number of aliphatic carboxylic acids is 1. The summed E-state index contributed by atoms with van der Waals surface area (Å²) in [5.74, 6) is -16.7. The molecule has 656 valence electrons. The van der Waals surface area contributed by atoms with E-state index in [0.29, 0.717) is 48.6 Å². The molecule has 3 saturated heterocycles. The minimum absolute atomic E-state index is 0.0291. The smallest absolute Gasteiger partial charge is 0.326 e. The van der Waals surface area contributed by atoms with E-state index in [1.165, 1.54) is 21.6 Å². The number of carbonyl (C=O) groups excluding carboxylic acids is 17. The standard InChI is InChI=1S/C79H126N20O19/c1-40(2)35-53(91-68(106)50(26-29-60(83)101)88-73(111)57-23-17-32-97(57)76(114)52(21-14-15-31-80)90-67(105)48(81)25-28-59(82)100)70(108)92-54(37-46-38-85-49-20-13-12-19-47(46)49)71(109)94-63(42(5)6)75(113)95-64(43(7)8)78(116)99-34-16-22-56(99)72(110)86-39-62(103)87-45(11)66(104)93-55(36-41(3)4)77(115)98-33-18-24-58(98)74(112)89-51(27-30-61(84)102)69(107)96-65(44(9)10)79(117)118/h12-13,19-20,38,40-45,48,50-58,63-65,85H,14-18,21-37,39,80-81H2,1-11H3,(H2,82,100)(H2,83,101)(H2,84,102)(H,86,110)(H,87,103)(H,88,111)(H,89,112)(H,90,105)(H,91,106)(H,92,108)(H,93,104)(H,94,109)(H,95,113)(H,96,107)(H,117,118)/t45-,48-,50-,51-,52-,53-,54-,55-,56-,57-,58-,63-,64-,65-/m0/s1. The van der Waals surface area contributed by atoms with Gasteiger partial charge < -0.3 is 112 Å². The minimum Gasteiger partial charge on any atom is -0.480 e. The number of aromatic amines is 1. The zero-order chi connectivity index (χ0) is 88.1. The quantitative estimate of drug-likeness (QED) is 0.0295. The monoisotopic (exact) mass is 1660 g/mol. The molecule has 3 fully saturated rings. The summed E-state index contributed by atoms with van der Waals surface area (Å²) in [6.07, 6.45) is 2.47. The highest BCUT2D eigenvalue weighted by Gasteiger charge is 2.45. The van der Waals surface area contributed by atoms with Gasteiger partial charge in [-0.05, 0) is 145 Å². The van der Waals surface area contributed by atoms with Gasteiger partial charge in [0.1, 0.15) is 78.5 Å². The number of nitrogens with zero attached hydrogens (tertiary/aromatic N) is 3. The molecule has 0 bridgehead atoms. The number of hydrogen-bond acceptors (Lipinski definition) is 20. The first kappa shape index (κ1) is 97.7. The zero-order valence-corrected chi connectivity index (χ0v) is 69.6. The second-order valence-corrected chi connectivity index (χ2v) is 32.7. The van der Waals surface area contributed by atoms with Crippen LogP contribution in [0.15, 0.2) is 30.5 Å². The highest BCUT2D eigenvalue weighted by Crippen LogP contribution is 2.26. The van der Waals surface area contributed by atoms with Crippen LogP contribution in [0.5, 0.6) is 0 Å². The molecule has 17 amide bonds. The van der Waals surface area contributed by atoms with Crippen LogP contribution in [-0.2, 0) is 92.7 Å². The Kier molecular flexibility index (Phi) is 38.9. The number of rotatable bonds is 48. The number of hydrogen-bond donors (Lipinski definition) is 18. The fourth-order valence-corrected chi connectivity index (χ4v) is 14.5. The molecule has 5 rings (SSSR count). The van der Waals surface area contributed by atoms with Crippen LogP contribution in [0, 0.1) is 29.6 Å². The summed E-state index contributed by atoms with van der Waals surface area (Å²) in [5.41, 5.74) is 29.2. The number of benzene rings is 1. The van der Waals surface area contributed by atoms with E-state index in [1.54, 1.807) is 99.7 Å². The van der Waals surface area contributed by atoms with Crippen molar-refractivity contribution in [2.24, 2.45) is 58.3 Å². The lowest BCUT2D eigenvalue weighted by Crippen LogP contribution is -2.62. The van der Waals surface area contributed by atoms with Crippen LogP contribution >= 0.6 is 0 Å². The maximum absolute atomic E-state index is 15.0. The third-order valence-corrected chi connectivity index (χ3v) is 21.0. The number of primary amides is 3. The zero-order valence-electron chi connectivity index (χ0n) is 69.6. The third kappa shape index (κ3) is 29.6. The molecule has 14 atom stereocenters. The number of fused-ring (bicyclic) bond motifs is 1. The number of para-hydroxylation sites is 1. The van der Waals surface area contributed by atoms with E-state index in [-0.39, 0.29) is 115 Å². The number of aromatic nitrogens is 1. The van der Waals surface area contributed by atoms with Gasteiger partial charge in [0.25, 0.3) is 0 Å². The highest BCUT2D eigenvalue weighted by molar-refractivity contribution is 6.01. The lowest BCUT2D eigenvalue weighted by Gasteiger charge is -2.32. The summed E-state index contributed by atoms with van der Waals surface area (Å²) in [4.78, 5) is 253. The summed E-state index contributed by atoms with van der Waals surface area (Å²) in [6.45, 7) is 18.1. The molecular formula is C79H126N20O19. The Balaban J connectivity index is 1.27. The van der Waals surface area contributed by atoms with Crippen molar-refractivity contribution in [2.75, 3.05) is 32.7 Å². The van der Waals surface area contributed by atoms with Gasteiger partial charge in [0.15, 0.2) is 0 Å². The van der Waals surface area contributed by atoms with E-state index in [2.05, 4.69) is 63.5 Å². The molecule has 0 saturated carbocycles. The first-order chi connectivity index (χ1) is 55.5. The maximum atomic E-state index is 15.0. The van der Waals surface area contributed by atoms with Crippen molar-refractivity contribution in [1.82, 2.24) is 78.2 Å². The van der Waals surface area contributed by atoms with Crippen molar-refractivity contribution in [2.45, 2.75) is 276 Å². The molecule has 1 aromatic heterocycles. The van der Waals surface area contributed by atoms with Crippen LogP contribution in [0.25, 0.3) is 10.9 Å². The molecular weight excluding hydrogens is 1530 g/mol. The van der Waals surface area contributed by atoms with Crippen LogP contribution in [0.3, 0.4) is 0 Å². The Bertz CT molecular complexity index is 3900.